The molecule has 0 aromatic carbocycles. The second-order valence-electron chi connectivity index (χ2n) is 7.44. The summed E-state index contributed by atoms with van der Waals surface area (Å²) in [7, 11) is 5.38. The van der Waals surface area contributed by atoms with E-state index in [0.717, 1.165) is 17.7 Å². The fourth-order valence-electron chi connectivity index (χ4n) is 3.95. The van der Waals surface area contributed by atoms with Gasteiger partial charge in [0.25, 0.3) is 5.91 Å². The third-order valence-corrected chi connectivity index (χ3v) is 5.61. The van der Waals surface area contributed by atoms with Crippen LogP contribution in [0.4, 0.5) is 0 Å². The first kappa shape index (κ1) is 18.5. The first-order valence-electron chi connectivity index (χ1n) is 9.29. The average molecular weight is 360 g/mol. The Hall–Kier alpha value is -2.31. The average Bonchev–Trinajstić information content (AvgIpc) is 2.97. The first-order chi connectivity index (χ1) is 12.3. The minimum atomic E-state index is -0.114. The largest absolute Gasteiger partial charge is 0.343 e. The van der Waals surface area contributed by atoms with Gasteiger partial charge in [-0.15, -0.1) is 0 Å². The SMILES string of the molecule is CCN1C[C@H](C(=O)N2CCc3cc(C(=O)N(C)C)n(C)c3C2)CCC1=O. The molecule has 1 atom stereocenters. The van der Waals surface area contributed by atoms with Crippen molar-refractivity contribution < 1.29 is 14.4 Å². The Balaban J connectivity index is 1.75. The number of likely N-dealkylation sites (tertiary alicyclic amines) is 1. The Morgan fingerprint density at radius 3 is 2.65 bits per heavy atom. The van der Waals surface area contributed by atoms with Crippen LogP contribution in [-0.4, -0.2) is 70.7 Å². The summed E-state index contributed by atoms with van der Waals surface area (Å²) in [4.78, 5) is 42.4. The van der Waals surface area contributed by atoms with Crippen molar-refractivity contribution in [3.8, 4) is 0 Å². The van der Waals surface area contributed by atoms with Crippen molar-refractivity contribution >= 4 is 17.7 Å². The van der Waals surface area contributed by atoms with E-state index in [1.807, 2.05) is 29.5 Å². The number of nitrogens with zero attached hydrogens (tertiary/aromatic N) is 4. The summed E-state index contributed by atoms with van der Waals surface area (Å²) < 4.78 is 1.92. The molecule has 0 saturated carbocycles. The summed E-state index contributed by atoms with van der Waals surface area (Å²) in [6, 6.07) is 1.96. The molecule has 0 N–H and O–H groups in total. The van der Waals surface area contributed by atoms with E-state index >= 15 is 0 Å². The number of hydrogen-bond acceptors (Lipinski definition) is 3. The van der Waals surface area contributed by atoms with Gasteiger partial charge >= 0.3 is 0 Å². The smallest absolute Gasteiger partial charge is 0.269 e. The van der Waals surface area contributed by atoms with Gasteiger partial charge in [0.2, 0.25) is 11.8 Å². The van der Waals surface area contributed by atoms with Crippen LogP contribution in [0.2, 0.25) is 0 Å². The molecule has 1 fully saturated rings. The number of carbonyl (C=O) groups is 3. The van der Waals surface area contributed by atoms with Crippen molar-refractivity contribution in [3.63, 3.8) is 0 Å². The zero-order chi connectivity index (χ0) is 19.0. The van der Waals surface area contributed by atoms with Gasteiger partial charge in [-0.1, -0.05) is 0 Å². The van der Waals surface area contributed by atoms with Crippen molar-refractivity contribution in [1.29, 1.82) is 0 Å². The lowest BCUT2D eigenvalue weighted by Gasteiger charge is -2.36. The maximum Gasteiger partial charge on any atom is 0.269 e. The zero-order valence-corrected chi connectivity index (χ0v) is 16.1. The Morgan fingerprint density at radius 2 is 2.00 bits per heavy atom. The summed E-state index contributed by atoms with van der Waals surface area (Å²) in [5, 5.41) is 0. The molecule has 142 valence electrons. The highest BCUT2D eigenvalue weighted by atomic mass is 16.2. The molecular formula is C19H28N4O3. The number of aromatic nitrogens is 1. The van der Waals surface area contributed by atoms with Gasteiger partial charge in [0.15, 0.2) is 0 Å². The number of carbonyl (C=O) groups excluding carboxylic acids is 3. The number of rotatable bonds is 3. The van der Waals surface area contributed by atoms with Gasteiger partial charge in [0.05, 0.1) is 12.5 Å². The van der Waals surface area contributed by atoms with Gasteiger partial charge in [-0.3, -0.25) is 14.4 Å². The van der Waals surface area contributed by atoms with Crippen LogP contribution in [0.25, 0.3) is 0 Å². The molecule has 2 aliphatic heterocycles. The van der Waals surface area contributed by atoms with Crippen LogP contribution < -0.4 is 0 Å². The van der Waals surface area contributed by atoms with Crippen LogP contribution in [0, 0.1) is 5.92 Å². The van der Waals surface area contributed by atoms with E-state index in [1.165, 1.54) is 0 Å². The number of hydrogen-bond donors (Lipinski definition) is 0. The monoisotopic (exact) mass is 360 g/mol. The highest BCUT2D eigenvalue weighted by Gasteiger charge is 2.34. The van der Waals surface area contributed by atoms with Gasteiger partial charge < -0.3 is 19.3 Å². The molecule has 0 aliphatic carbocycles. The maximum atomic E-state index is 13.0. The van der Waals surface area contributed by atoms with Crippen molar-refractivity contribution in [1.82, 2.24) is 19.3 Å². The second kappa shape index (κ2) is 7.13. The highest BCUT2D eigenvalue weighted by Crippen LogP contribution is 2.26. The Kier molecular flexibility index (Phi) is 5.07. The summed E-state index contributed by atoms with van der Waals surface area (Å²) >= 11 is 0. The van der Waals surface area contributed by atoms with E-state index in [4.69, 9.17) is 0 Å². The molecule has 0 bridgehead atoms. The van der Waals surface area contributed by atoms with Crippen molar-refractivity contribution in [3.05, 3.63) is 23.0 Å². The van der Waals surface area contributed by atoms with E-state index in [2.05, 4.69) is 0 Å². The van der Waals surface area contributed by atoms with Gasteiger partial charge in [0.1, 0.15) is 5.69 Å². The van der Waals surface area contributed by atoms with Crippen molar-refractivity contribution in [2.24, 2.45) is 13.0 Å². The van der Waals surface area contributed by atoms with Gasteiger partial charge in [0, 0.05) is 52.9 Å². The Bertz CT molecular complexity index is 737. The van der Waals surface area contributed by atoms with Gasteiger partial charge in [-0.2, -0.15) is 0 Å². The topological polar surface area (TPSA) is 65.9 Å². The van der Waals surface area contributed by atoms with Crippen LogP contribution in [0.1, 0.15) is 41.5 Å². The normalized spacial score (nSPS) is 20.2. The summed E-state index contributed by atoms with van der Waals surface area (Å²) in [6.07, 6.45) is 1.85. The fourth-order valence-corrected chi connectivity index (χ4v) is 3.95. The van der Waals surface area contributed by atoms with Crippen LogP contribution in [0.5, 0.6) is 0 Å². The van der Waals surface area contributed by atoms with E-state index in [0.29, 0.717) is 44.7 Å². The molecule has 1 saturated heterocycles. The molecule has 0 radical (unpaired) electrons. The minimum Gasteiger partial charge on any atom is -0.343 e. The number of piperidine rings is 1. The Labute approximate surface area is 154 Å². The molecule has 2 aliphatic rings. The lowest BCUT2D eigenvalue weighted by molar-refractivity contribution is -0.143. The number of fused-ring (bicyclic) bond motifs is 1. The maximum absolute atomic E-state index is 13.0. The third kappa shape index (κ3) is 3.22. The molecule has 7 heteroatoms. The molecule has 3 amide bonds. The molecule has 3 heterocycles. The van der Waals surface area contributed by atoms with Crippen molar-refractivity contribution in [2.45, 2.75) is 32.7 Å². The van der Waals surface area contributed by atoms with E-state index in [-0.39, 0.29) is 23.6 Å². The fraction of sp³-hybridized carbons (Fsp3) is 0.632. The van der Waals surface area contributed by atoms with Crippen LogP contribution in [0.15, 0.2) is 6.07 Å². The summed E-state index contributed by atoms with van der Waals surface area (Å²) in [6.45, 7) is 4.32. The minimum absolute atomic E-state index is 0.0239. The van der Waals surface area contributed by atoms with E-state index < -0.39 is 0 Å². The van der Waals surface area contributed by atoms with E-state index in [1.54, 1.807) is 23.9 Å². The molecule has 7 nitrogen and oxygen atoms in total. The Morgan fingerprint density at radius 1 is 1.27 bits per heavy atom. The second-order valence-corrected chi connectivity index (χ2v) is 7.44. The predicted octanol–water partition coefficient (Wildman–Crippen LogP) is 0.870. The zero-order valence-electron chi connectivity index (χ0n) is 16.1. The third-order valence-electron chi connectivity index (χ3n) is 5.61. The molecule has 1 aromatic rings. The summed E-state index contributed by atoms with van der Waals surface area (Å²) in [5.74, 6) is 0.136. The molecule has 0 spiro atoms. The van der Waals surface area contributed by atoms with E-state index in [9.17, 15) is 14.4 Å². The lowest BCUT2D eigenvalue weighted by atomic mass is 9.95. The lowest BCUT2D eigenvalue weighted by Crippen LogP contribution is -2.48. The predicted molar refractivity (Wildman–Crippen MR) is 97.5 cm³/mol. The molecule has 1 aromatic heterocycles. The van der Waals surface area contributed by atoms with Crippen LogP contribution in [0.3, 0.4) is 0 Å². The summed E-state index contributed by atoms with van der Waals surface area (Å²) in [5.41, 5.74) is 2.85. The van der Waals surface area contributed by atoms with Gasteiger partial charge in [-0.05, 0) is 31.4 Å². The van der Waals surface area contributed by atoms with Crippen LogP contribution >= 0.6 is 0 Å². The quantitative estimate of drug-likeness (QED) is 0.803. The van der Waals surface area contributed by atoms with Crippen LogP contribution in [-0.2, 0) is 29.6 Å². The molecule has 26 heavy (non-hydrogen) atoms. The highest BCUT2D eigenvalue weighted by molar-refractivity contribution is 5.93. The molecular weight excluding hydrogens is 332 g/mol. The number of amides is 3. The van der Waals surface area contributed by atoms with Crippen molar-refractivity contribution in [2.75, 3.05) is 33.7 Å². The van der Waals surface area contributed by atoms with Gasteiger partial charge in [-0.25, -0.2) is 0 Å². The standard InChI is InChI=1S/C19H28N4O3/c1-5-22-11-14(6-7-17(22)24)18(25)23-9-8-13-10-15(19(26)20(2)3)21(4)16(13)12-23/h10,14H,5-9,11-12H2,1-4H3/t14-/m1/s1. The molecule has 3 rings (SSSR count). The molecule has 0 unspecified atom stereocenters. The first-order valence-corrected chi connectivity index (χ1v) is 9.29.